The van der Waals surface area contributed by atoms with E-state index in [4.69, 9.17) is 4.43 Å². The van der Waals surface area contributed by atoms with Gasteiger partial charge in [0.15, 0.2) is 14.1 Å². The van der Waals surface area contributed by atoms with Crippen molar-refractivity contribution in [1.82, 2.24) is 10.3 Å². The third-order valence-corrected chi connectivity index (χ3v) is 8.61. The number of Topliss-reactive ketones (excluding diaryl/α,β-unsaturated/α-hetero) is 1. The maximum atomic E-state index is 12.1. The number of rotatable bonds is 6. The molecule has 1 rings (SSSR count). The average Bonchev–Trinajstić information content (AvgIpc) is 2.43. The summed E-state index contributed by atoms with van der Waals surface area (Å²) >= 11 is 0. The lowest BCUT2D eigenvalue weighted by Crippen LogP contribution is -2.47. The van der Waals surface area contributed by atoms with Crippen molar-refractivity contribution < 1.29 is 14.0 Å². The fourth-order valence-corrected chi connectivity index (χ4v) is 2.95. The Hall–Kier alpha value is -1.53. The van der Waals surface area contributed by atoms with E-state index < -0.39 is 14.4 Å². The standard InChI is InChI=1S/C16H26N2O3Si/c1-12(21-22(5,6)16(2,3)4)14(19)11-18-15(20)13-9-7-8-10-17-13/h7-10,12H,11H2,1-6H3,(H,18,20)/t12-/m1/s1. The molecule has 1 aromatic heterocycles. The molecule has 5 nitrogen and oxygen atoms in total. The van der Waals surface area contributed by atoms with Crippen molar-refractivity contribution in [2.45, 2.75) is 51.9 Å². The monoisotopic (exact) mass is 322 g/mol. The minimum atomic E-state index is -2.00. The van der Waals surface area contributed by atoms with E-state index in [2.05, 4.69) is 44.2 Å². The Kier molecular flexibility index (Phi) is 6.02. The number of hydrogen-bond donors (Lipinski definition) is 1. The maximum absolute atomic E-state index is 12.1. The third-order valence-electron chi connectivity index (χ3n) is 4.05. The number of carbonyl (C=O) groups is 2. The van der Waals surface area contributed by atoms with Gasteiger partial charge >= 0.3 is 0 Å². The third kappa shape index (κ3) is 5.03. The molecule has 0 saturated heterocycles. The summed E-state index contributed by atoms with van der Waals surface area (Å²) in [6.45, 7) is 12.3. The van der Waals surface area contributed by atoms with Crippen molar-refractivity contribution in [3.63, 3.8) is 0 Å². The van der Waals surface area contributed by atoms with Gasteiger partial charge in [0.1, 0.15) is 11.8 Å². The van der Waals surface area contributed by atoms with E-state index in [1.807, 2.05) is 0 Å². The molecule has 0 saturated carbocycles. The molecule has 1 heterocycles. The second-order valence-electron chi connectivity index (χ2n) is 6.88. The minimum absolute atomic E-state index is 0.0404. The molecule has 1 aromatic rings. The smallest absolute Gasteiger partial charge is 0.270 e. The summed E-state index contributed by atoms with van der Waals surface area (Å²) in [6.07, 6.45) is 1.02. The average molecular weight is 322 g/mol. The number of nitrogens with zero attached hydrogens (tertiary/aromatic N) is 1. The van der Waals surface area contributed by atoms with E-state index >= 15 is 0 Å². The molecule has 0 aliphatic heterocycles. The van der Waals surface area contributed by atoms with Gasteiger partial charge in [0.2, 0.25) is 0 Å². The van der Waals surface area contributed by atoms with Crippen LogP contribution in [0.1, 0.15) is 38.2 Å². The maximum Gasteiger partial charge on any atom is 0.270 e. The number of nitrogens with one attached hydrogen (secondary N) is 1. The Morgan fingerprint density at radius 2 is 1.95 bits per heavy atom. The summed E-state index contributed by atoms with van der Waals surface area (Å²) in [5.41, 5.74) is 0.299. The molecular weight excluding hydrogens is 296 g/mol. The number of pyridine rings is 1. The SMILES string of the molecule is C[C@@H](O[Si](C)(C)C(C)(C)C)C(=O)CNC(=O)c1ccccn1. The Labute approximate surface area is 133 Å². The van der Waals surface area contributed by atoms with E-state index in [0.717, 1.165) is 0 Å². The van der Waals surface area contributed by atoms with Crippen LogP contribution in [0.15, 0.2) is 24.4 Å². The molecule has 0 bridgehead atoms. The van der Waals surface area contributed by atoms with E-state index in [9.17, 15) is 9.59 Å². The summed E-state index contributed by atoms with van der Waals surface area (Å²) in [5.74, 6) is -0.484. The lowest BCUT2D eigenvalue weighted by atomic mass is 10.2. The predicted octanol–water partition coefficient (Wildman–Crippen LogP) is 2.79. The van der Waals surface area contributed by atoms with Gasteiger partial charge in [0.05, 0.1) is 6.54 Å². The van der Waals surface area contributed by atoms with E-state index in [-0.39, 0.29) is 23.3 Å². The van der Waals surface area contributed by atoms with Crippen molar-refractivity contribution in [3.8, 4) is 0 Å². The van der Waals surface area contributed by atoms with Gasteiger partial charge in [-0.2, -0.15) is 0 Å². The van der Waals surface area contributed by atoms with Crippen LogP contribution in [0.4, 0.5) is 0 Å². The normalized spacial score (nSPS) is 13.5. The highest BCUT2D eigenvalue weighted by atomic mass is 28.4. The fourth-order valence-electron chi connectivity index (χ4n) is 1.58. The van der Waals surface area contributed by atoms with Crippen LogP contribution in [0.25, 0.3) is 0 Å². The number of aromatic nitrogens is 1. The van der Waals surface area contributed by atoms with Crippen LogP contribution in [0, 0.1) is 0 Å². The highest BCUT2D eigenvalue weighted by Crippen LogP contribution is 2.37. The Balaban J connectivity index is 2.54. The number of carbonyl (C=O) groups excluding carboxylic acids is 2. The molecule has 6 heteroatoms. The Morgan fingerprint density at radius 1 is 1.32 bits per heavy atom. The summed E-state index contributed by atoms with van der Waals surface area (Å²) in [5, 5.41) is 2.63. The van der Waals surface area contributed by atoms with Gasteiger partial charge in [0.25, 0.3) is 5.91 Å². The molecule has 1 N–H and O–H groups in total. The summed E-state index contributed by atoms with van der Waals surface area (Å²) in [7, 11) is -2.00. The van der Waals surface area contributed by atoms with Crippen LogP contribution in [-0.2, 0) is 9.22 Å². The van der Waals surface area contributed by atoms with Crippen molar-refractivity contribution in [1.29, 1.82) is 0 Å². The second kappa shape index (κ2) is 7.15. The zero-order valence-electron chi connectivity index (χ0n) is 14.3. The Morgan fingerprint density at radius 3 is 2.45 bits per heavy atom. The van der Waals surface area contributed by atoms with Gasteiger partial charge in [-0.05, 0) is 37.2 Å². The van der Waals surface area contributed by atoms with E-state index in [1.54, 1.807) is 31.3 Å². The molecule has 122 valence electrons. The highest BCUT2D eigenvalue weighted by Gasteiger charge is 2.39. The molecule has 0 aliphatic rings. The van der Waals surface area contributed by atoms with Crippen molar-refractivity contribution in [2.24, 2.45) is 0 Å². The highest BCUT2D eigenvalue weighted by molar-refractivity contribution is 6.74. The van der Waals surface area contributed by atoms with Gasteiger partial charge in [-0.25, -0.2) is 0 Å². The molecule has 0 aliphatic carbocycles. The van der Waals surface area contributed by atoms with E-state index in [1.165, 1.54) is 0 Å². The topological polar surface area (TPSA) is 68.3 Å². The summed E-state index contributed by atoms with van der Waals surface area (Å²) in [6, 6.07) is 5.07. The molecule has 0 spiro atoms. The molecule has 0 fully saturated rings. The molecule has 0 radical (unpaired) electrons. The van der Waals surface area contributed by atoms with Gasteiger partial charge in [-0.3, -0.25) is 14.6 Å². The largest absolute Gasteiger partial charge is 0.407 e. The van der Waals surface area contributed by atoms with Gasteiger partial charge in [-0.1, -0.05) is 26.8 Å². The van der Waals surface area contributed by atoms with E-state index in [0.29, 0.717) is 5.69 Å². The van der Waals surface area contributed by atoms with Crippen molar-refractivity contribution in [3.05, 3.63) is 30.1 Å². The number of amides is 1. The zero-order chi connectivity index (χ0) is 17.0. The quantitative estimate of drug-likeness (QED) is 0.818. The van der Waals surface area contributed by atoms with Crippen LogP contribution >= 0.6 is 0 Å². The molecular formula is C16H26N2O3Si. The second-order valence-corrected chi connectivity index (χ2v) is 11.6. The lowest BCUT2D eigenvalue weighted by molar-refractivity contribution is -0.124. The van der Waals surface area contributed by atoms with Gasteiger partial charge < -0.3 is 9.74 Å². The van der Waals surface area contributed by atoms with Crippen LogP contribution < -0.4 is 5.32 Å². The molecule has 22 heavy (non-hydrogen) atoms. The molecule has 1 atom stereocenters. The molecule has 0 unspecified atom stereocenters. The fraction of sp³-hybridized carbons (Fsp3) is 0.562. The van der Waals surface area contributed by atoms with Crippen LogP contribution in [-0.4, -0.2) is 37.6 Å². The zero-order valence-corrected chi connectivity index (χ0v) is 15.3. The first kappa shape index (κ1) is 18.5. The summed E-state index contributed by atoms with van der Waals surface area (Å²) in [4.78, 5) is 27.9. The van der Waals surface area contributed by atoms with Gasteiger partial charge in [-0.15, -0.1) is 0 Å². The number of hydrogen-bond acceptors (Lipinski definition) is 4. The lowest BCUT2D eigenvalue weighted by Gasteiger charge is -2.38. The first-order chi connectivity index (χ1) is 10.0. The van der Waals surface area contributed by atoms with Crippen LogP contribution in [0.2, 0.25) is 18.1 Å². The van der Waals surface area contributed by atoms with Crippen molar-refractivity contribution >= 4 is 20.0 Å². The minimum Gasteiger partial charge on any atom is -0.407 e. The first-order valence-corrected chi connectivity index (χ1v) is 10.3. The van der Waals surface area contributed by atoms with Crippen LogP contribution in [0.3, 0.4) is 0 Å². The van der Waals surface area contributed by atoms with Crippen molar-refractivity contribution in [2.75, 3.05) is 6.54 Å². The number of ketones is 1. The molecule has 0 aromatic carbocycles. The van der Waals surface area contributed by atoms with Crippen LogP contribution in [0.5, 0.6) is 0 Å². The predicted molar refractivity (Wildman–Crippen MR) is 89.3 cm³/mol. The molecule has 1 amide bonds. The first-order valence-electron chi connectivity index (χ1n) is 7.44. The van der Waals surface area contributed by atoms with Gasteiger partial charge in [0, 0.05) is 6.20 Å². The Bertz CT molecular complexity index is 524. The summed E-state index contributed by atoms with van der Waals surface area (Å²) < 4.78 is 6.02.